The van der Waals surface area contributed by atoms with E-state index in [1.807, 2.05) is 0 Å². The highest BCUT2D eigenvalue weighted by molar-refractivity contribution is 6.17. The number of rotatable bonds is 6. The average molecular weight is 254 g/mol. The fourth-order valence-corrected chi connectivity index (χ4v) is 2.25. The molecule has 1 heterocycles. The molecule has 2 nitrogen and oxygen atoms in total. The second-order valence-corrected chi connectivity index (χ2v) is 4.81. The highest BCUT2D eigenvalue weighted by Crippen LogP contribution is 2.25. The second kappa shape index (κ2) is 6.87. The summed E-state index contributed by atoms with van der Waals surface area (Å²) in [5, 5.41) is 3.40. The number of nitrogens with one attached hydrogen (secondary N) is 1. The third kappa shape index (κ3) is 3.90. The summed E-state index contributed by atoms with van der Waals surface area (Å²) < 4.78 is 5.61. The third-order valence-electron chi connectivity index (χ3n) is 3.05. The van der Waals surface area contributed by atoms with Crippen LogP contribution >= 0.6 is 11.6 Å². The van der Waals surface area contributed by atoms with Gasteiger partial charge in [0.15, 0.2) is 0 Å². The van der Waals surface area contributed by atoms with Gasteiger partial charge in [-0.1, -0.05) is 12.1 Å². The molecule has 2 rings (SSSR count). The molecule has 94 valence electrons. The van der Waals surface area contributed by atoms with Crippen molar-refractivity contribution in [1.82, 2.24) is 5.32 Å². The van der Waals surface area contributed by atoms with Crippen molar-refractivity contribution in [1.29, 1.82) is 0 Å². The summed E-state index contributed by atoms with van der Waals surface area (Å²) >= 11 is 5.62. The molecule has 17 heavy (non-hydrogen) atoms. The molecule has 1 aliphatic rings. The molecule has 1 aliphatic heterocycles. The maximum atomic E-state index is 5.62. The van der Waals surface area contributed by atoms with E-state index in [-0.39, 0.29) is 0 Å². The third-order valence-corrected chi connectivity index (χ3v) is 3.32. The number of ether oxygens (including phenoxy) is 1. The first-order valence-corrected chi connectivity index (χ1v) is 6.95. The van der Waals surface area contributed by atoms with Crippen LogP contribution in [0.25, 0.3) is 0 Å². The van der Waals surface area contributed by atoms with Crippen molar-refractivity contribution >= 4 is 11.6 Å². The quantitative estimate of drug-likeness (QED) is 0.622. The zero-order valence-corrected chi connectivity index (χ0v) is 10.9. The molecule has 0 radical (unpaired) electrons. The standard InChI is InChI=1S/C14H20ClNO/c15-7-2-8-16-9-6-12-4-5-14-13(11-12)3-1-10-17-14/h4-5,11,16H,1-3,6-10H2. The Balaban J connectivity index is 1.81. The summed E-state index contributed by atoms with van der Waals surface area (Å²) in [7, 11) is 0. The molecule has 3 heteroatoms. The Kier molecular flexibility index (Phi) is 5.14. The zero-order valence-electron chi connectivity index (χ0n) is 10.2. The summed E-state index contributed by atoms with van der Waals surface area (Å²) in [4.78, 5) is 0. The predicted molar refractivity (Wildman–Crippen MR) is 72.2 cm³/mol. The maximum Gasteiger partial charge on any atom is 0.122 e. The fourth-order valence-electron chi connectivity index (χ4n) is 2.12. The van der Waals surface area contributed by atoms with Crippen LogP contribution in [0.4, 0.5) is 0 Å². The largest absolute Gasteiger partial charge is 0.493 e. The Morgan fingerprint density at radius 1 is 1.29 bits per heavy atom. The molecular formula is C14H20ClNO. The van der Waals surface area contributed by atoms with Gasteiger partial charge < -0.3 is 10.1 Å². The number of fused-ring (bicyclic) bond motifs is 1. The molecule has 0 spiro atoms. The number of hydrogen-bond donors (Lipinski definition) is 1. The van der Waals surface area contributed by atoms with Crippen molar-refractivity contribution in [3.8, 4) is 5.75 Å². The lowest BCUT2D eigenvalue weighted by Gasteiger charge is -2.17. The van der Waals surface area contributed by atoms with E-state index in [4.69, 9.17) is 16.3 Å². The number of hydrogen-bond acceptors (Lipinski definition) is 2. The first-order chi connectivity index (χ1) is 8.40. The van der Waals surface area contributed by atoms with Crippen molar-refractivity contribution in [2.75, 3.05) is 25.6 Å². The molecular weight excluding hydrogens is 234 g/mol. The van der Waals surface area contributed by atoms with Crippen molar-refractivity contribution < 1.29 is 4.74 Å². The van der Waals surface area contributed by atoms with Crippen LogP contribution < -0.4 is 10.1 Å². The highest BCUT2D eigenvalue weighted by atomic mass is 35.5. The van der Waals surface area contributed by atoms with Crippen LogP contribution in [-0.2, 0) is 12.8 Å². The summed E-state index contributed by atoms with van der Waals surface area (Å²) in [6.45, 7) is 2.90. The molecule has 0 fully saturated rings. The van der Waals surface area contributed by atoms with Gasteiger partial charge in [0.1, 0.15) is 5.75 Å². The van der Waals surface area contributed by atoms with E-state index in [1.54, 1.807) is 0 Å². The fraction of sp³-hybridized carbons (Fsp3) is 0.571. The molecule has 0 atom stereocenters. The lowest BCUT2D eigenvalue weighted by atomic mass is 10.0. The van der Waals surface area contributed by atoms with Crippen molar-refractivity contribution in [3.63, 3.8) is 0 Å². The minimum Gasteiger partial charge on any atom is -0.493 e. The smallest absolute Gasteiger partial charge is 0.122 e. The SMILES string of the molecule is ClCCCNCCc1ccc2c(c1)CCCO2. The van der Waals surface area contributed by atoms with Gasteiger partial charge in [-0.3, -0.25) is 0 Å². The van der Waals surface area contributed by atoms with E-state index in [0.717, 1.165) is 57.0 Å². The highest BCUT2D eigenvalue weighted by Gasteiger charge is 2.09. The van der Waals surface area contributed by atoms with E-state index in [2.05, 4.69) is 23.5 Å². The molecule has 0 aromatic heterocycles. The van der Waals surface area contributed by atoms with E-state index in [0.29, 0.717) is 0 Å². The minimum atomic E-state index is 0.739. The summed E-state index contributed by atoms with van der Waals surface area (Å²) in [5.41, 5.74) is 2.77. The first kappa shape index (κ1) is 12.7. The minimum absolute atomic E-state index is 0.739. The number of alkyl halides is 1. The van der Waals surface area contributed by atoms with Gasteiger partial charge in [0.05, 0.1) is 6.61 Å². The van der Waals surface area contributed by atoms with Crippen LogP contribution in [0.5, 0.6) is 5.75 Å². The molecule has 1 N–H and O–H groups in total. The summed E-state index contributed by atoms with van der Waals surface area (Å²) in [6.07, 6.45) is 4.42. The Morgan fingerprint density at radius 3 is 3.12 bits per heavy atom. The van der Waals surface area contributed by atoms with Crippen LogP contribution in [0.15, 0.2) is 18.2 Å². The molecule has 0 unspecified atom stereocenters. The summed E-state index contributed by atoms with van der Waals surface area (Å²) in [5.74, 6) is 1.82. The van der Waals surface area contributed by atoms with Gasteiger partial charge in [-0.05, 0) is 56.0 Å². The van der Waals surface area contributed by atoms with E-state index in [9.17, 15) is 0 Å². The van der Waals surface area contributed by atoms with Crippen LogP contribution in [0.3, 0.4) is 0 Å². The van der Waals surface area contributed by atoms with Gasteiger partial charge in [-0.15, -0.1) is 11.6 Å². The molecule has 1 aromatic carbocycles. The molecule has 0 saturated carbocycles. The van der Waals surface area contributed by atoms with Crippen molar-refractivity contribution in [2.45, 2.75) is 25.7 Å². The van der Waals surface area contributed by atoms with Crippen LogP contribution in [-0.4, -0.2) is 25.6 Å². The number of aryl methyl sites for hydroxylation is 1. The zero-order chi connectivity index (χ0) is 11.9. The predicted octanol–water partition coefficient (Wildman–Crippen LogP) is 2.77. The number of benzene rings is 1. The monoisotopic (exact) mass is 253 g/mol. The lowest BCUT2D eigenvalue weighted by molar-refractivity contribution is 0.288. The van der Waals surface area contributed by atoms with E-state index < -0.39 is 0 Å². The first-order valence-electron chi connectivity index (χ1n) is 6.41. The second-order valence-electron chi connectivity index (χ2n) is 4.44. The van der Waals surface area contributed by atoms with E-state index in [1.165, 1.54) is 11.1 Å². The topological polar surface area (TPSA) is 21.3 Å². The Hall–Kier alpha value is -0.730. The number of halogens is 1. The van der Waals surface area contributed by atoms with Crippen molar-refractivity contribution in [3.05, 3.63) is 29.3 Å². The van der Waals surface area contributed by atoms with Crippen molar-refractivity contribution in [2.24, 2.45) is 0 Å². The van der Waals surface area contributed by atoms with Gasteiger partial charge in [0.2, 0.25) is 0 Å². The maximum absolute atomic E-state index is 5.62. The summed E-state index contributed by atoms with van der Waals surface area (Å²) in [6, 6.07) is 6.58. The van der Waals surface area contributed by atoms with Gasteiger partial charge in [0, 0.05) is 5.88 Å². The Labute approximate surface area is 108 Å². The Morgan fingerprint density at radius 2 is 2.24 bits per heavy atom. The molecule has 0 bridgehead atoms. The van der Waals surface area contributed by atoms with Crippen LogP contribution in [0.2, 0.25) is 0 Å². The van der Waals surface area contributed by atoms with Gasteiger partial charge in [0.25, 0.3) is 0 Å². The van der Waals surface area contributed by atoms with Crippen LogP contribution in [0.1, 0.15) is 24.0 Å². The molecule has 0 aliphatic carbocycles. The molecule has 0 amide bonds. The average Bonchev–Trinajstić information content (AvgIpc) is 2.38. The lowest BCUT2D eigenvalue weighted by Crippen LogP contribution is -2.19. The van der Waals surface area contributed by atoms with E-state index >= 15 is 0 Å². The van der Waals surface area contributed by atoms with Gasteiger partial charge >= 0.3 is 0 Å². The molecule has 0 saturated heterocycles. The molecule has 1 aromatic rings. The normalized spacial score (nSPS) is 14.2. The Bertz CT molecular complexity index is 354. The van der Waals surface area contributed by atoms with Crippen LogP contribution in [0, 0.1) is 0 Å². The van der Waals surface area contributed by atoms with Gasteiger partial charge in [-0.2, -0.15) is 0 Å². The van der Waals surface area contributed by atoms with Gasteiger partial charge in [-0.25, -0.2) is 0 Å².